The van der Waals surface area contributed by atoms with Crippen molar-refractivity contribution in [1.82, 2.24) is 0 Å². The van der Waals surface area contributed by atoms with E-state index in [0.29, 0.717) is 6.42 Å². The summed E-state index contributed by atoms with van der Waals surface area (Å²) in [5.74, 6) is -0.612. The molecule has 1 N–H and O–H groups in total. The van der Waals surface area contributed by atoms with Gasteiger partial charge in [-0.25, -0.2) is 4.79 Å². The molecule has 2 atom stereocenters. The zero-order valence-corrected chi connectivity index (χ0v) is 10.5. The molecule has 1 saturated heterocycles. The van der Waals surface area contributed by atoms with Crippen molar-refractivity contribution in [2.45, 2.75) is 52.2 Å². The maximum atomic E-state index is 12.0. The van der Waals surface area contributed by atoms with Gasteiger partial charge in [0.15, 0.2) is 0 Å². The van der Waals surface area contributed by atoms with Crippen molar-refractivity contribution in [3.8, 4) is 0 Å². The lowest BCUT2D eigenvalue weighted by molar-refractivity contribution is -0.725. The van der Waals surface area contributed by atoms with Gasteiger partial charge in [-0.15, -0.1) is 0 Å². The third-order valence-electron chi connectivity index (χ3n) is 2.81. The van der Waals surface area contributed by atoms with Crippen LogP contribution in [0, 0.1) is 0 Å². The van der Waals surface area contributed by atoms with Gasteiger partial charge in [0, 0.05) is 6.42 Å². The number of hydrogen-bond donors (Lipinski definition) is 1. The zero-order chi connectivity index (χ0) is 13.4. The van der Waals surface area contributed by atoms with E-state index < -0.39 is 34.2 Å². The highest BCUT2D eigenvalue weighted by atomic mass is 16.6. The van der Waals surface area contributed by atoms with E-state index in [1.165, 1.54) is 0 Å². The van der Waals surface area contributed by atoms with Crippen LogP contribution in [0.25, 0.3) is 0 Å². The van der Waals surface area contributed by atoms with E-state index in [1.807, 2.05) is 0 Å². The highest BCUT2D eigenvalue weighted by Crippen LogP contribution is 2.31. The van der Waals surface area contributed by atoms with Crippen molar-refractivity contribution in [3.05, 3.63) is 0 Å². The number of carbonyl (C=O) groups is 3. The number of likely N-dealkylation sites (tertiary alicyclic amines) is 1. The van der Waals surface area contributed by atoms with E-state index in [4.69, 9.17) is 4.74 Å². The Hall–Kier alpha value is -1.43. The van der Waals surface area contributed by atoms with Gasteiger partial charge >= 0.3 is 18.1 Å². The number of carboxylic acid groups (broad SMARTS) is 1. The van der Waals surface area contributed by atoms with E-state index in [0.717, 1.165) is 0 Å². The van der Waals surface area contributed by atoms with Crippen LogP contribution in [0.15, 0.2) is 0 Å². The minimum atomic E-state index is -1.46. The highest BCUT2D eigenvalue weighted by Gasteiger charge is 2.62. The lowest BCUT2D eigenvalue weighted by atomic mass is 10.2. The molecule has 17 heavy (non-hydrogen) atoms. The maximum absolute atomic E-state index is 12.0. The van der Waals surface area contributed by atoms with E-state index in [2.05, 4.69) is 0 Å². The van der Waals surface area contributed by atoms with Gasteiger partial charge in [0.25, 0.3) is 0 Å². The molecule has 96 valence electrons. The number of quaternary nitrogens is 1. The lowest BCUT2D eigenvalue weighted by Gasteiger charge is -2.29. The van der Waals surface area contributed by atoms with E-state index in [1.54, 1.807) is 27.7 Å². The highest BCUT2D eigenvalue weighted by molar-refractivity contribution is 5.94. The van der Waals surface area contributed by atoms with Gasteiger partial charge in [-0.2, -0.15) is 9.59 Å². The monoisotopic (exact) mass is 244 g/mol. The Morgan fingerprint density at radius 2 is 1.94 bits per heavy atom. The van der Waals surface area contributed by atoms with Crippen molar-refractivity contribution in [1.29, 1.82) is 0 Å². The summed E-state index contributed by atoms with van der Waals surface area (Å²) in [5.41, 5.74) is -0.819. The molecule has 0 bridgehead atoms. The van der Waals surface area contributed by atoms with Gasteiger partial charge in [-0.05, 0) is 27.7 Å². The summed E-state index contributed by atoms with van der Waals surface area (Å²) in [7, 11) is 0. The van der Waals surface area contributed by atoms with Crippen LogP contribution in [0.3, 0.4) is 0 Å². The molecule has 0 spiro atoms. The minimum Gasteiger partial charge on any atom is -0.435 e. The molecule has 0 aromatic heterocycles. The molecular formula is C11H18NO5+. The van der Waals surface area contributed by atoms with Crippen LogP contribution in [0.1, 0.15) is 40.5 Å². The Balaban J connectivity index is 3.14. The van der Waals surface area contributed by atoms with Crippen LogP contribution < -0.4 is 0 Å². The fraction of sp³-hybridized carbons (Fsp3) is 0.727. The van der Waals surface area contributed by atoms with Crippen molar-refractivity contribution in [2.24, 2.45) is 0 Å². The number of ether oxygens (including phenoxy) is 1. The van der Waals surface area contributed by atoms with Gasteiger partial charge in [-0.3, -0.25) is 0 Å². The molecule has 1 aliphatic rings. The Bertz CT molecular complexity index is 371. The molecule has 6 heteroatoms. The van der Waals surface area contributed by atoms with E-state index >= 15 is 0 Å². The summed E-state index contributed by atoms with van der Waals surface area (Å²) in [4.78, 5) is 35.1. The van der Waals surface area contributed by atoms with Gasteiger partial charge in [0.2, 0.25) is 0 Å². The van der Waals surface area contributed by atoms with Crippen LogP contribution >= 0.6 is 0 Å². The summed E-state index contributed by atoms with van der Waals surface area (Å²) in [6.07, 6.45) is -1.99. The van der Waals surface area contributed by atoms with Crippen LogP contribution in [-0.4, -0.2) is 39.3 Å². The van der Waals surface area contributed by atoms with Gasteiger partial charge < -0.3 is 9.84 Å². The molecule has 0 radical (unpaired) electrons. The predicted octanol–water partition coefficient (Wildman–Crippen LogP) is 2.13. The number of rotatable bonds is 0. The molecule has 1 aliphatic heterocycles. The largest absolute Gasteiger partial charge is 0.535 e. The molecule has 3 amide bonds. The summed E-state index contributed by atoms with van der Waals surface area (Å²) >= 11 is 0. The second-order valence-electron chi connectivity index (χ2n) is 5.27. The van der Waals surface area contributed by atoms with Crippen LogP contribution in [0.4, 0.5) is 9.59 Å². The second kappa shape index (κ2) is 4.10. The van der Waals surface area contributed by atoms with Gasteiger partial charge in [-0.1, -0.05) is 4.48 Å². The fourth-order valence-electron chi connectivity index (χ4n) is 1.94. The molecule has 1 heterocycles. The van der Waals surface area contributed by atoms with Crippen molar-refractivity contribution >= 4 is 18.1 Å². The fourth-order valence-corrected chi connectivity index (χ4v) is 1.94. The summed E-state index contributed by atoms with van der Waals surface area (Å²) in [5, 5.41) is 9.22. The summed E-state index contributed by atoms with van der Waals surface area (Å²) < 4.78 is 3.82. The number of hydrogen-bond acceptors (Lipinski definition) is 4. The number of amides is 3. The third-order valence-corrected chi connectivity index (χ3v) is 2.81. The average Bonchev–Trinajstić information content (AvgIpc) is 2.40. The molecule has 1 fully saturated rings. The number of carbonyl (C=O) groups excluding carboxylic acids is 2. The first-order valence-electron chi connectivity index (χ1n) is 5.51. The molecule has 0 aromatic carbocycles. The first-order valence-corrected chi connectivity index (χ1v) is 5.51. The van der Waals surface area contributed by atoms with Crippen molar-refractivity contribution < 1.29 is 28.7 Å². The molecule has 1 unspecified atom stereocenters. The Morgan fingerprint density at radius 3 is 2.24 bits per heavy atom. The molecule has 0 aromatic rings. The Morgan fingerprint density at radius 1 is 1.41 bits per heavy atom. The lowest BCUT2D eigenvalue weighted by Crippen LogP contribution is -2.62. The quantitative estimate of drug-likeness (QED) is 0.660. The van der Waals surface area contributed by atoms with Crippen LogP contribution in [0.2, 0.25) is 0 Å². The van der Waals surface area contributed by atoms with E-state index in [9.17, 15) is 19.5 Å². The van der Waals surface area contributed by atoms with E-state index in [-0.39, 0.29) is 6.42 Å². The topological polar surface area (TPSA) is 80.7 Å². The third kappa shape index (κ3) is 2.17. The molecule has 1 rings (SSSR count). The van der Waals surface area contributed by atoms with Gasteiger partial charge in [0.1, 0.15) is 11.6 Å². The second-order valence-corrected chi connectivity index (χ2v) is 5.27. The molecule has 0 aliphatic carbocycles. The zero-order valence-electron chi connectivity index (χ0n) is 10.5. The number of nitrogens with zero attached hydrogens (tertiary/aromatic N) is 1. The normalized spacial score (nSPS) is 29.2. The van der Waals surface area contributed by atoms with Crippen molar-refractivity contribution in [3.63, 3.8) is 0 Å². The standard InChI is InChI=1S/C11H17NO5/c1-7-5-6-8(13)12(7,9(14)15)10(16)17-11(2,3)4/h7H,5-6H2,1-4H3/p+1/t7-,12?/m1/s1. The van der Waals surface area contributed by atoms with Crippen LogP contribution in [0.5, 0.6) is 0 Å². The maximum Gasteiger partial charge on any atom is 0.535 e. The minimum absolute atomic E-state index is 0.0900. The first-order chi connectivity index (χ1) is 7.62. The first kappa shape index (κ1) is 13.6. The Kier molecular flexibility index (Phi) is 3.29. The summed E-state index contributed by atoms with van der Waals surface area (Å²) in [6.45, 7) is 6.47. The van der Waals surface area contributed by atoms with Crippen LogP contribution in [-0.2, 0) is 9.53 Å². The Labute approximate surface area is 99.7 Å². The SMILES string of the molecule is C[C@@H]1CCC(=O)[N+]1(C(=O)O)C(=O)OC(C)(C)C. The molecule has 6 nitrogen and oxygen atoms in total. The number of imide groups is 3. The molecular weight excluding hydrogens is 226 g/mol. The smallest absolute Gasteiger partial charge is 0.435 e. The average molecular weight is 244 g/mol. The predicted molar refractivity (Wildman–Crippen MR) is 58.2 cm³/mol. The van der Waals surface area contributed by atoms with Crippen molar-refractivity contribution in [2.75, 3.05) is 0 Å². The summed E-state index contributed by atoms with van der Waals surface area (Å²) in [6, 6.07) is -0.588. The molecule has 0 saturated carbocycles. The van der Waals surface area contributed by atoms with Gasteiger partial charge in [0.05, 0.1) is 6.42 Å².